The number of carbonyl (C=O) groups is 2. The third-order valence-corrected chi connectivity index (χ3v) is 4.59. The Kier molecular flexibility index (Phi) is 4.05. The Balaban J connectivity index is 1.63. The fraction of sp³-hybridized carbons (Fsp3) is 0.529. The maximum Gasteiger partial charge on any atom is 0.321 e. The van der Waals surface area contributed by atoms with Crippen LogP contribution in [0.2, 0.25) is 0 Å². The van der Waals surface area contributed by atoms with Crippen molar-refractivity contribution >= 4 is 17.6 Å². The highest BCUT2D eigenvalue weighted by molar-refractivity contribution is 6.05. The van der Waals surface area contributed by atoms with Crippen molar-refractivity contribution in [2.45, 2.75) is 31.7 Å². The van der Waals surface area contributed by atoms with E-state index in [2.05, 4.69) is 5.32 Å². The number of anilines is 1. The maximum absolute atomic E-state index is 12.7. The predicted octanol–water partition coefficient (Wildman–Crippen LogP) is 2.04. The van der Waals surface area contributed by atoms with Crippen LogP contribution >= 0.6 is 0 Å². The van der Waals surface area contributed by atoms with E-state index in [1.807, 2.05) is 35.2 Å². The van der Waals surface area contributed by atoms with Crippen LogP contribution in [0.3, 0.4) is 0 Å². The standard InChI is InChI=1S/C17H22N2O3/c1-22-16(21)17(9-10-17)15(20)19-11-5-8-14(12-19)18-13-6-3-2-4-7-13/h2-4,6-7,14,18H,5,8-12H2,1H3/t14-/m0/s1. The number of ether oxygens (including phenoxy) is 1. The van der Waals surface area contributed by atoms with Gasteiger partial charge in [0, 0.05) is 24.8 Å². The van der Waals surface area contributed by atoms with E-state index in [4.69, 9.17) is 4.74 Å². The zero-order valence-corrected chi connectivity index (χ0v) is 12.9. The molecule has 1 saturated carbocycles. The third kappa shape index (κ3) is 2.80. The first kappa shape index (κ1) is 14.9. The van der Waals surface area contributed by atoms with Crippen molar-refractivity contribution in [3.63, 3.8) is 0 Å². The Bertz CT molecular complexity index is 554. The van der Waals surface area contributed by atoms with Gasteiger partial charge >= 0.3 is 5.97 Å². The van der Waals surface area contributed by atoms with Gasteiger partial charge in [0.1, 0.15) is 5.41 Å². The normalized spacial score (nSPS) is 22.8. The van der Waals surface area contributed by atoms with Crippen molar-refractivity contribution in [3.8, 4) is 0 Å². The zero-order chi connectivity index (χ0) is 15.6. The number of esters is 1. The van der Waals surface area contributed by atoms with E-state index in [9.17, 15) is 9.59 Å². The van der Waals surface area contributed by atoms with Gasteiger partial charge < -0.3 is 15.0 Å². The van der Waals surface area contributed by atoms with Crippen LogP contribution in [0.25, 0.3) is 0 Å². The van der Waals surface area contributed by atoms with Crippen molar-refractivity contribution in [1.29, 1.82) is 0 Å². The predicted molar refractivity (Wildman–Crippen MR) is 83.3 cm³/mol. The molecule has 118 valence electrons. The summed E-state index contributed by atoms with van der Waals surface area (Å²) in [4.78, 5) is 26.4. The van der Waals surface area contributed by atoms with E-state index >= 15 is 0 Å². The highest BCUT2D eigenvalue weighted by atomic mass is 16.5. The molecule has 1 aromatic rings. The number of methoxy groups -OCH3 is 1. The number of nitrogens with zero attached hydrogens (tertiary/aromatic N) is 1. The molecule has 22 heavy (non-hydrogen) atoms. The number of hydrogen-bond donors (Lipinski definition) is 1. The summed E-state index contributed by atoms with van der Waals surface area (Å²) >= 11 is 0. The highest BCUT2D eigenvalue weighted by Crippen LogP contribution is 2.48. The second kappa shape index (κ2) is 5.99. The minimum absolute atomic E-state index is 0.0566. The first-order valence-corrected chi connectivity index (χ1v) is 7.85. The molecule has 1 saturated heterocycles. The Hall–Kier alpha value is -2.04. The molecule has 1 aliphatic heterocycles. The first-order valence-electron chi connectivity index (χ1n) is 7.85. The Morgan fingerprint density at radius 2 is 2.00 bits per heavy atom. The smallest absolute Gasteiger partial charge is 0.321 e. The summed E-state index contributed by atoms with van der Waals surface area (Å²) in [5.74, 6) is -0.436. The van der Waals surface area contributed by atoms with Crippen molar-refractivity contribution in [2.24, 2.45) is 5.41 Å². The molecule has 0 spiro atoms. The number of likely N-dealkylation sites (tertiary alicyclic amines) is 1. The second-order valence-corrected chi connectivity index (χ2v) is 6.17. The van der Waals surface area contributed by atoms with Crippen molar-refractivity contribution in [1.82, 2.24) is 4.90 Å². The monoisotopic (exact) mass is 302 g/mol. The molecule has 5 nitrogen and oxygen atoms in total. The average molecular weight is 302 g/mol. The van der Waals surface area contributed by atoms with E-state index in [-0.39, 0.29) is 17.9 Å². The van der Waals surface area contributed by atoms with Crippen LogP contribution in [0.1, 0.15) is 25.7 Å². The molecule has 0 radical (unpaired) electrons. The van der Waals surface area contributed by atoms with Gasteiger partial charge in [-0.25, -0.2) is 0 Å². The molecule has 5 heteroatoms. The summed E-state index contributed by atoms with van der Waals surface area (Å²) in [6.07, 6.45) is 3.22. The van der Waals surface area contributed by atoms with Crippen LogP contribution in [-0.2, 0) is 14.3 Å². The minimum Gasteiger partial charge on any atom is -0.468 e. The number of rotatable bonds is 4. The molecular formula is C17H22N2O3. The fourth-order valence-corrected chi connectivity index (χ4v) is 3.18. The van der Waals surface area contributed by atoms with Gasteiger partial charge in [0.2, 0.25) is 5.91 Å². The summed E-state index contributed by atoms with van der Waals surface area (Å²) in [6.45, 7) is 1.37. The average Bonchev–Trinajstić information content (AvgIpc) is 3.36. The fourth-order valence-electron chi connectivity index (χ4n) is 3.18. The van der Waals surface area contributed by atoms with Gasteiger partial charge in [-0.3, -0.25) is 9.59 Å². The summed E-state index contributed by atoms with van der Waals surface area (Å²) < 4.78 is 4.81. The molecular weight excluding hydrogens is 280 g/mol. The number of nitrogens with one attached hydrogen (secondary N) is 1. The second-order valence-electron chi connectivity index (χ2n) is 6.17. The number of piperidine rings is 1. The molecule has 2 aliphatic rings. The molecule has 1 aromatic carbocycles. The van der Waals surface area contributed by atoms with E-state index in [1.54, 1.807) is 0 Å². The Morgan fingerprint density at radius 1 is 1.27 bits per heavy atom. The van der Waals surface area contributed by atoms with Crippen molar-refractivity contribution in [3.05, 3.63) is 30.3 Å². The van der Waals surface area contributed by atoms with Crippen molar-refractivity contribution < 1.29 is 14.3 Å². The van der Waals surface area contributed by atoms with Gasteiger partial charge in [0.05, 0.1) is 7.11 Å². The molecule has 1 atom stereocenters. The largest absolute Gasteiger partial charge is 0.468 e. The van der Waals surface area contributed by atoms with E-state index in [0.717, 1.165) is 25.1 Å². The zero-order valence-electron chi connectivity index (χ0n) is 12.9. The SMILES string of the molecule is COC(=O)C1(C(=O)N2CCC[C@H](Nc3ccccc3)C2)CC1. The number of para-hydroxylation sites is 1. The molecule has 1 heterocycles. The lowest BCUT2D eigenvalue weighted by molar-refractivity contribution is -0.156. The molecule has 1 N–H and O–H groups in total. The summed E-state index contributed by atoms with van der Waals surface area (Å²) in [5, 5.41) is 3.47. The molecule has 1 aliphatic carbocycles. The lowest BCUT2D eigenvalue weighted by Gasteiger charge is -2.35. The minimum atomic E-state index is -0.886. The van der Waals surface area contributed by atoms with Crippen LogP contribution in [0.5, 0.6) is 0 Å². The van der Waals surface area contributed by atoms with Crippen LogP contribution < -0.4 is 5.32 Å². The number of carbonyl (C=O) groups excluding carboxylic acids is 2. The summed E-state index contributed by atoms with van der Waals surface area (Å²) in [5.41, 5.74) is 0.180. The van der Waals surface area contributed by atoms with Gasteiger partial charge in [-0.2, -0.15) is 0 Å². The summed E-state index contributed by atoms with van der Waals surface area (Å²) in [7, 11) is 1.35. The maximum atomic E-state index is 12.7. The molecule has 0 bridgehead atoms. The van der Waals surface area contributed by atoms with E-state index in [1.165, 1.54) is 7.11 Å². The van der Waals surface area contributed by atoms with Gasteiger partial charge in [-0.15, -0.1) is 0 Å². The Morgan fingerprint density at radius 3 is 2.64 bits per heavy atom. The van der Waals surface area contributed by atoms with Gasteiger partial charge in [0.25, 0.3) is 0 Å². The van der Waals surface area contributed by atoms with Crippen LogP contribution in [0, 0.1) is 5.41 Å². The lowest BCUT2D eigenvalue weighted by Crippen LogP contribution is -2.49. The van der Waals surface area contributed by atoms with Crippen LogP contribution in [0.15, 0.2) is 30.3 Å². The molecule has 0 unspecified atom stereocenters. The molecule has 2 fully saturated rings. The van der Waals surface area contributed by atoms with Crippen LogP contribution in [-0.4, -0.2) is 43.0 Å². The van der Waals surface area contributed by atoms with Gasteiger partial charge in [-0.1, -0.05) is 18.2 Å². The number of benzene rings is 1. The van der Waals surface area contributed by atoms with Crippen molar-refractivity contribution in [2.75, 3.05) is 25.5 Å². The Labute approximate surface area is 130 Å². The molecule has 0 aromatic heterocycles. The summed E-state index contributed by atoms with van der Waals surface area (Å²) in [6, 6.07) is 10.2. The number of amides is 1. The lowest BCUT2D eigenvalue weighted by atomic mass is 10.0. The highest BCUT2D eigenvalue weighted by Gasteiger charge is 2.59. The molecule has 1 amide bonds. The van der Waals surface area contributed by atoms with E-state index in [0.29, 0.717) is 19.4 Å². The number of hydrogen-bond acceptors (Lipinski definition) is 4. The quantitative estimate of drug-likeness (QED) is 0.683. The topological polar surface area (TPSA) is 58.6 Å². The molecule has 3 rings (SSSR count). The van der Waals surface area contributed by atoms with Crippen LogP contribution in [0.4, 0.5) is 5.69 Å². The van der Waals surface area contributed by atoms with E-state index < -0.39 is 5.41 Å². The third-order valence-electron chi connectivity index (χ3n) is 4.59. The first-order chi connectivity index (χ1) is 10.7. The van der Waals surface area contributed by atoms with Gasteiger partial charge in [0.15, 0.2) is 0 Å². The van der Waals surface area contributed by atoms with Gasteiger partial charge in [-0.05, 0) is 37.8 Å².